The molecule has 1 atom stereocenters. The molecule has 2 aromatic carbocycles. The summed E-state index contributed by atoms with van der Waals surface area (Å²) in [7, 11) is 0. The molecule has 0 spiro atoms. The summed E-state index contributed by atoms with van der Waals surface area (Å²) in [4.78, 5) is 19.2. The van der Waals surface area contributed by atoms with Crippen molar-refractivity contribution in [3.63, 3.8) is 0 Å². The smallest absolute Gasteiger partial charge is 0.338 e. The Hall–Kier alpha value is -3.06. The van der Waals surface area contributed by atoms with Gasteiger partial charge in [0.25, 0.3) is 0 Å². The number of rotatable bonds is 6. The number of ether oxygens (including phenoxy) is 2. The molecule has 0 amide bonds. The van der Waals surface area contributed by atoms with E-state index in [1.54, 1.807) is 25.1 Å². The molecule has 2 heterocycles. The number of carbonyl (C=O) groups is 1. The molecule has 5 nitrogen and oxygen atoms in total. The van der Waals surface area contributed by atoms with Crippen LogP contribution in [0.4, 0.5) is 4.39 Å². The van der Waals surface area contributed by atoms with Crippen molar-refractivity contribution in [3.8, 4) is 5.75 Å². The van der Waals surface area contributed by atoms with E-state index >= 15 is 0 Å². The molecular weight excluding hydrogens is 403 g/mol. The lowest BCUT2D eigenvalue weighted by Crippen LogP contribution is -2.34. The van der Waals surface area contributed by atoms with E-state index in [1.165, 1.54) is 17.8 Å². The third-order valence-electron chi connectivity index (χ3n) is 4.86. The maximum Gasteiger partial charge on any atom is 0.338 e. The number of aliphatic imine (C=N–C) groups is 1. The second kappa shape index (κ2) is 8.75. The molecule has 0 bridgehead atoms. The summed E-state index contributed by atoms with van der Waals surface area (Å²) < 4.78 is 24.8. The summed E-state index contributed by atoms with van der Waals surface area (Å²) in [6.07, 6.45) is 1.92. The van der Waals surface area contributed by atoms with Crippen molar-refractivity contribution in [2.45, 2.75) is 26.5 Å². The largest absolute Gasteiger partial charge is 0.489 e. The van der Waals surface area contributed by atoms with Crippen molar-refractivity contribution < 1.29 is 18.7 Å². The lowest BCUT2D eigenvalue weighted by molar-refractivity contribution is -0.139. The zero-order chi connectivity index (χ0) is 21.1. The minimum atomic E-state index is -0.368. The molecule has 2 aliphatic heterocycles. The molecule has 0 radical (unpaired) electrons. The topological polar surface area (TPSA) is 51.1 Å². The number of carbonyl (C=O) groups excluding carboxylic acids is 1. The highest BCUT2D eigenvalue weighted by molar-refractivity contribution is 8.16. The molecule has 30 heavy (non-hydrogen) atoms. The van der Waals surface area contributed by atoms with Crippen molar-refractivity contribution >= 4 is 22.9 Å². The Labute approximate surface area is 178 Å². The van der Waals surface area contributed by atoms with Gasteiger partial charge in [0, 0.05) is 11.8 Å². The fourth-order valence-electron chi connectivity index (χ4n) is 3.42. The summed E-state index contributed by atoms with van der Waals surface area (Å²) in [6.45, 7) is 4.05. The van der Waals surface area contributed by atoms with Gasteiger partial charge >= 0.3 is 5.97 Å². The van der Waals surface area contributed by atoms with Crippen LogP contribution in [0, 0.1) is 5.82 Å². The van der Waals surface area contributed by atoms with Crippen LogP contribution in [-0.4, -0.2) is 22.6 Å². The van der Waals surface area contributed by atoms with Gasteiger partial charge in [-0.25, -0.2) is 14.2 Å². The number of hydrogen-bond acceptors (Lipinski definition) is 6. The van der Waals surface area contributed by atoms with E-state index in [2.05, 4.69) is 4.99 Å². The molecule has 0 aromatic heterocycles. The van der Waals surface area contributed by atoms with Gasteiger partial charge in [-0.15, -0.1) is 0 Å². The van der Waals surface area contributed by atoms with Gasteiger partial charge in [0.2, 0.25) is 0 Å². The first-order valence-electron chi connectivity index (χ1n) is 9.63. The zero-order valence-electron chi connectivity index (χ0n) is 16.7. The van der Waals surface area contributed by atoms with Crippen LogP contribution in [0.25, 0.3) is 0 Å². The zero-order valence-corrected chi connectivity index (χ0v) is 17.5. The van der Waals surface area contributed by atoms with E-state index in [0.29, 0.717) is 29.2 Å². The number of fused-ring (bicyclic) bond motifs is 1. The fourth-order valence-corrected chi connectivity index (χ4v) is 4.21. The number of thioether (sulfide) groups is 1. The summed E-state index contributed by atoms with van der Waals surface area (Å²) in [5.74, 6) is -0.0365. The molecule has 2 aliphatic rings. The van der Waals surface area contributed by atoms with Crippen LogP contribution in [0.5, 0.6) is 5.75 Å². The van der Waals surface area contributed by atoms with Crippen molar-refractivity contribution in [1.82, 2.24) is 4.90 Å². The summed E-state index contributed by atoms with van der Waals surface area (Å²) in [5, 5.41) is 2.77. The highest BCUT2D eigenvalue weighted by Gasteiger charge is 2.37. The minimum absolute atomic E-state index is 0.144. The quantitative estimate of drug-likeness (QED) is 0.599. The normalized spacial score (nSPS) is 17.6. The first kappa shape index (κ1) is 20.2. The van der Waals surface area contributed by atoms with Crippen LogP contribution in [-0.2, 0) is 16.1 Å². The molecule has 0 unspecified atom stereocenters. The van der Waals surface area contributed by atoms with Gasteiger partial charge in [0.1, 0.15) is 18.2 Å². The average Bonchev–Trinajstić information content (AvgIpc) is 3.21. The first-order valence-corrected chi connectivity index (χ1v) is 10.5. The van der Waals surface area contributed by atoms with Gasteiger partial charge in [-0.05, 0) is 43.0 Å². The SMILES string of the molecule is CCOC(=O)C1=C(C)N=C2SC=CN2[C@@H]1c1ccc(OCc2ccccc2F)cc1. The molecule has 0 aliphatic carbocycles. The molecule has 0 saturated carbocycles. The number of benzene rings is 2. The maximum absolute atomic E-state index is 13.8. The first-order chi connectivity index (χ1) is 14.6. The second-order valence-electron chi connectivity index (χ2n) is 6.78. The Bertz CT molecular complexity index is 1050. The van der Waals surface area contributed by atoms with E-state index in [1.807, 2.05) is 47.7 Å². The third-order valence-corrected chi connectivity index (χ3v) is 5.63. The molecule has 0 N–H and O–H groups in total. The molecular formula is C23H21FN2O3S. The number of nitrogens with zero attached hydrogens (tertiary/aromatic N) is 2. The minimum Gasteiger partial charge on any atom is -0.489 e. The summed E-state index contributed by atoms with van der Waals surface area (Å²) in [6, 6.07) is 13.7. The fraction of sp³-hybridized carbons (Fsp3) is 0.217. The van der Waals surface area contributed by atoms with Crippen LogP contribution in [0.15, 0.2) is 76.4 Å². The molecule has 0 saturated heterocycles. The standard InChI is InChI=1S/C23H21FN2O3S/c1-3-28-22(27)20-15(2)25-23-26(12-13-30-23)21(20)16-8-10-18(11-9-16)29-14-17-6-4-5-7-19(17)24/h4-13,21H,3,14H2,1-2H3/t21-/m1/s1. The van der Waals surface area contributed by atoms with E-state index in [9.17, 15) is 9.18 Å². The van der Waals surface area contributed by atoms with Gasteiger partial charge in [0.15, 0.2) is 5.17 Å². The van der Waals surface area contributed by atoms with Crippen LogP contribution < -0.4 is 4.74 Å². The van der Waals surface area contributed by atoms with Gasteiger partial charge in [0.05, 0.1) is 23.9 Å². The Kier molecular flexibility index (Phi) is 5.90. The van der Waals surface area contributed by atoms with Crippen LogP contribution >= 0.6 is 11.8 Å². The van der Waals surface area contributed by atoms with Gasteiger partial charge in [-0.1, -0.05) is 42.1 Å². The molecule has 2 aromatic rings. The van der Waals surface area contributed by atoms with Crippen LogP contribution in [0.3, 0.4) is 0 Å². The lowest BCUT2D eigenvalue weighted by atomic mass is 9.95. The van der Waals surface area contributed by atoms with Crippen LogP contribution in [0.2, 0.25) is 0 Å². The Morgan fingerprint density at radius 2 is 1.97 bits per heavy atom. The predicted octanol–water partition coefficient (Wildman–Crippen LogP) is 5.17. The Morgan fingerprint density at radius 1 is 1.20 bits per heavy atom. The van der Waals surface area contributed by atoms with Crippen molar-refractivity contribution in [2.24, 2.45) is 4.99 Å². The number of halogens is 1. The van der Waals surface area contributed by atoms with E-state index in [0.717, 1.165) is 10.7 Å². The van der Waals surface area contributed by atoms with E-state index in [4.69, 9.17) is 9.47 Å². The van der Waals surface area contributed by atoms with Crippen molar-refractivity contribution in [3.05, 3.63) is 88.4 Å². The maximum atomic E-state index is 13.8. The lowest BCUT2D eigenvalue weighted by Gasteiger charge is -2.33. The Morgan fingerprint density at radius 3 is 2.70 bits per heavy atom. The van der Waals surface area contributed by atoms with Crippen molar-refractivity contribution in [2.75, 3.05) is 6.61 Å². The number of amidine groups is 1. The van der Waals surface area contributed by atoms with E-state index in [-0.39, 0.29) is 24.4 Å². The average molecular weight is 424 g/mol. The molecule has 7 heteroatoms. The van der Waals surface area contributed by atoms with Gasteiger partial charge < -0.3 is 14.4 Å². The number of allylic oxidation sites excluding steroid dienone is 1. The van der Waals surface area contributed by atoms with Crippen molar-refractivity contribution in [1.29, 1.82) is 0 Å². The molecule has 154 valence electrons. The van der Waals surface area contributed by atoms with Gasteiger partial charge in [-0.3, -0.25) is 0 Å². The molecule has 4 rings (SSSR count). The monoisotopic (exact) mass is 424 g/mol. The number of hydrogen-bond donors (Lipinski definition) is 0. The Balaban J connectivity index is 1.58. The van der Waals surface area contributed by atoms with E-state index < -0.39 is 0 Å². The highest BCUT2D eigenvalue weighted by Crippen LogP contribution is 2.41. The van der Waals surface area contributed by atoms with Crippen LogP contribution in [0.1, 0.15) is 31.0 Å². The predicted molar refractivity (Wildman–Crippen MR) is 115 cm³/mol. The second-order valence-corrected chi connectivity index (χ2v) is 7.65. The van der Waals surface area contributed by atoms with Gasteiger partial charge in [-0.2, -0.15) is 0 Å². The number of esters is 1. The highest BCUT2D eigenvalue weighted by atomic mass is 32.2. The third kappa shape index (κ3) is 3.98. The summed E-state index contributed by atoms with van der Waals surface area (Å²) in [5.41, 5.74) is 2.58. The molecule has 0 fully saturated rings. The summed E-state index contributed by atoms with van der Waals surface area (Å²) >= 11 is 1.51.